The van der Waals surface area contributed by atoms with Crippen molar-refractivity contribution in [3.8, 4) is 0 Å². The van der Waals surface area contributed by atoms with Gasteiger partial charge in [-0.15, -0.1) is 24.3 Å². The number of benzene rings is 2. The molecule has 0 atom stereocenters. The number of carbonyl (C=O) groups excluding carboxylic acids is 4. The second-order valence-electron chi connectivity index (χ2n) is 5.07. The van der Waals surface area contributed by atoms with Crippen LogP contribution in [0, 0.1) is 62.2 Å². The summed E-state index contributed by atoms with van der Waals surface area (Å²) in [5, 5.41) is 0. The van der Waals surface area contributed by atoms with Crippen LogP contribution >= 0.6 is 0 Å². The van der Waals surface area contributed by atoms with Gasteiger partial charge in [0, 0.05) is 13.8 Å². The maximum Gasteiger partial charge on any atom is 3.00 e. The Morgan fingerprint density at radius 3 is 1.12 bits per heavy atom. The first-order valence-corrected chi connectivity index (χ1v) is 7.37. The zero-order chi connectivity index (χ0) is 17.9. The summed E-state index contributed by atoms with van der Waals surface area (Å²) in [7, 11) is 0. The van der Waals surface area contributed by atoms with Crippen molar-refractivity contribution < 1.29 is 74.0 Å². The van der Waals surface area contributed by atoms with Gasteiger partial charge in [0.2, 0.25) is 23.1 Å². The standard InChI is InChI=1S/2C10H9O2.Eu.H2O/c2*1-8(11)7-10(12)9-5-3-2-4-6-9;;/h2*2-7H,1H3;;1H2/q2*-1;+3;/p+3. The fraction of sp³-hybridized carbons (Fsp3) is 0.100. The Hall–Kier alpha value is -1.60. The number of rotatable bonds is 6. The largest absolute Gasteiger partial charge is 3.00 e. The van der Waals surface area contributed by atoms with Crippen molar-refractivity contribution in [3.05, 3.63) is 84.6 Å². The maximum atomic E-state index is 9.37. The van der Waals surface area contributed by atoms with E-state index in [2.05, 4.69) is 0 Å². The molecule has 5 nitrogen and oxygen atoms in total. The normalized spacial score (nSPS) is 8.38. The summed E-state index contributed by atoms with van der Waals surface area (Å²) in [5.74, 6) is 0.346. The summed E-state index contributed by atoms with van der Waals surface area (Å²) in [4.78, 5) is 36.5. The molecule has 2 rings (SSSR count). The van der Waals surface area contributed by atoms with Gasteiger partial charge < -0.3 is 15.1 Å². The molecule has 2 aromatic carbocycles. The van der Waals surface area contributed by atoms with Gasteiger partial charge in [-0.05, 0) is 12.8 Å². The summed E-state index contributed by atoms with van der Waals surface area (Å²) < 4.78 is 0. The maximum absolute atomic E-state index is 9.37. The minimum absolute atomic E-state index is 0. The van der Waals surface area contributed by atoms with Crippen LogP contribution in [0.2, 0.25) is 0 Å². The molecule has 26 heavy (non-hydrogen) atoms. The summed E-state index contributed by atoms with van der Waals surface area (Å²) in [6.45, 7) is 3.03. The number of hydrogen-bond acceptors (Lipinski definition) is 1. The summed E-state index contributed by atoms with van der Waals surface area (Å²) in [5.41, 5.74) is 1.40. The molecule has 0 heterocycles. The molecule has 0 aliphatic carbocycles. The molecule has 0 amide bonds. The molecular formula is C20H23EuO5+4. The quantitative estimate of drug-likeness (QED) is 0.261. The van der Waals surface area contributed by atoms with Gasteiger partial charge in [0.05, 0.1) is 0 Å². The Morgan fingerprint density at radius 2 is 0.885 bits per heavy atom. The van der Waals surface area contributed by atoms with E-state index >= 15 is 0 Å². The molecule has 0 spiro atoms. The Bertz CT molecular complexity index is 648. The molecule has 5 N–H and O–H groups in total. The second-order valence-corrected chi connectivity index (χ2v) is 5.07. The Balaban J connectivity index is 0. The van der Waals surface area contributed by atoms with Gasteiger partial charge in [0.25, 0.3) is 0 Å². The van der Waals surface area contributed by atoms with Crippen molar-refractivity contribution in [3.63, 3.8) is 0 Å². The van der Waals surface area contributed by atoms with Crippen LogP contribution in [-0.4, -0.2) is 47.8 Å². The first-order valence-electron chi connectivity index (χ1n) is 7.37. The third-order valence-corrected chi connectivity index (χ3v) is 2.83. The molecule has 0 unspecified atom stereocenters. The van der Waals surface area contributed by atoms with Crippen LogP contribution < -0.4 is 0 Å². The third kappa shape index (κ3) is 11.1. The molecule has 6 heteroatoms. The van der Waals surface area contributed by atoms with Crippen molar-refractivity contribution in [1.29, 1.82) is 0 Å². The van der Waals surface area contributed by atoms with E-state index in [1.165, 1.54) is 26.7 Å². The zero-order valence-corrected chi connectivity index (χ0v) is 17.0. The molecular weight excluding hydrogens is 472 g/mol. The molecule has 0 bridgehead atoms. The van der Waals surface area contributed by atoms with E-state index in [1.54, 1.807) is 24.3 Å². The van der Waals surface area contributed by atoms with Crippen LogP contribution in [0.3, 0.4) is 0 Å². The molecule has 0 fully saturated rings. The molecule has 0 radical (unpaired) electrons. The summed E-state index contributed by atoms with van der Waals surface area (Å²) >= 11 is 0. The average Bonchev–Trinajstić information content (AvgIpc) is 2.56. The first-order chi connectivity index (χ1) is 11.4. The van der Waals surface area contributed by atoms with Gasteiger partial charge in [0.15, 0.2) is 0 Å². The van der Waals surface area contributed by atoms with E-state index in [-0.39, 0.29) is 78.0 Å². The predicted molar refractivity (Wildman–Crippen MR) is 101 cm³/mol. The Labute approximate surface area is 194 Å². The third-order valence-electron chi connectivity index (χ3n) is 2.83. The van der Waals surface area contributed by atoms with Gasteiger partial charge in [-0.25, -0.2) is 0 Å². The van der Waals surface area contributed by atoms with E-state index in [9.17, 15) is 9.59 Å². The smallest absolute Gasteiger partial charge is 0.870 e. The van der Waals surface area contributed by atoms with Gasteiger partial charge in [-0.1, -0.05) is 47.5 Å². The Morgan fingerprint density at radius 1 is 0.615 bits per heavy atom. The first kappa shape index (κ1) is 26.6. The summed E-state index contributed by atoms with van der Waals surface area (Å²) in [6.07, 6.45) is 2.63. The van der Waals surface area contributed by atoms with Crippen LogP contribution in [0.5, 0.6) is 0 Å². The van der Waals surface area contributed by atoms with Crippen LogP contribution in [0.15, 0.2) is 60.7 Å². The van der Waals surface area contributed by atoms with E-state index in [0.29, 0.717) is 11.1 Å². The monoisotopic (exact) mass is 496 g/mol. The fourth-order valence-corrected chi connectivity index (χ4v) is 1.78. The van der Waals surface area contributed by atoms with Crippen LogP contribution in [-0.2, 0) is 0 Å². The van der Waals surface area contributed by atoms with Gasteiger partial charge >= 0.3 is 49.4 Å². The van der Waals surface area contributed by atoms with Crippen LogP contribution in [0.4, 0.5) is 0 Å². The molecule has 0 saturated carbocycles. The van der Waals surface area contributed by atoms with E-state index in [0.717, 1.165) is 0 Å². The van der Waals surface area contributed by atoms with E-state index in [4.69, 9.17) is 9.59 Å². The number of hydrogen-bond donors (Lipinski definition) is 0. The fourth-order valence-electron chi connectivity index (χ4n) is 1.78. The molecule has 0 aromatic heterocycles. The second kappa shape index (κ2) is 14.6. The molecule has 0 aliphatic rings. The number of ketones is 4. The minimum atomic E-state index is 0. The van der Waals surface area contributed by atoms with Crippen molar-refractivity contribution in [2.24, 2.45) is 0 Å². The van der Waals surface area contributed by atoms with Crippen LogP contribution in [0.1, 0.15) is 25.0 Å². The van der Waals surface area contributed by atoms with Crippen LogP contribution in [0.25, 0.3) is 0 Å². The van der Waals surface area contributed by atoms with Gasteiger partial charge in [0.1, 0.15) is 0 Å². The molecule has 136 valence electrons. The van der Waals surface area contributed by atoms with Crippen molar-refractivity contribution in [2.45, 2.75) is 13.8 Å². The van der Waals surface area contributed by atoms with Crippen molar-refractivity contribution >= 4 is 23.1 Å². The predicted octanol–water partition coefficient (Wildman–Crippen LogP) is 2.52. The van der Waals surface area contributed by atoms with E-state index < -0.39 is 0 Å². The van der Waals surface area contributed by atoms with Crippen molar-refractivity contribution in [1.82, 2.24) is 0 Å². The zero-order valence-electron chi connectivity index (χ0n) is 14.5. The van der Waals surface area contributed by atoms with Gasteiger partial charge in [-0.2, -0.15) is 0 Å². The minimum Gasteiger partial charge on any atom is -0.870 e. The Kier molecular flexibility index (Phi) is 14.9. The molecule has 0 saturated heterocycles. The van der Waals surface area contributed by atoms with Crippen molar-refractivity contribution in [2.75, 3.05) is 0 Å². The average molecular weight is 495 g/mol. The summed E-state index contributed by atoms with van der Waals surface area (Å²) in [6, 6.07) is 18.1. The topological polar surface area (TPSA) is 116 Å². The van der Waals surface area contributed by atoms with Gasteiger partial charge in [-0.3, -0.25) is 9.59 Å². The molecule has 0 aliphatic heterocycles. The molecule has 2 aromatic rings. The van der Waals surface area contributed by atoms with E-state index in [1.807, 2.05) is 36.4 Å². The SMILES string of the molecule is CC(=[OH+])[CH-]C(=[OH+])c1ccccc1.CC(=[OH+])[CH-]C(=[OH+])c1ccccc1.[Eu+3].[OH-].